The van der Waals surface area contributed by atoms with E-state index in [0.717, 1.165) is 22.2 Å². The van der Waals surface area contributed by atoms with Gasteiger partial charge in [0.2, 0.25) is 5.91 Å². The fourth-order valence-corrected chi connectivity index (χ4v) is 2.26. The molecule has 20 heavy (non-hydrogen) atoms. The van der Waals surface area contributed by atoms with Crippen LogP contribution in [0.3, 0.4) is 0 Å². The van der Waals surface area contributed by atoms with Crippen LogP contribution in [0, 0.1) is 12.8 Å². The minimum absolute atomic E-state index is 0.146. The van der Waals surface area contributed by atoms with Crippen LogP contribution in [0.1, 0.15) is 25.8 Å². The van der Waals surface area contributed by atoms with Crippen molar-refractivity contribution in [3.63, 3.8) is 0 Å². The number of nitrogens with one attached hydrogen (secondary N) is 1. The van der Waals surface area contributed by atoms with Crippen molar-refractivity contribution in [2.75, 3.05) is 5.32 Å². The summed E-state index contributed by atoms with van der Waals surface area (Å²) in [5, 5.41) is 3.86. The highest BCUT2D eigenvalue weighted by Gasteiger charge is 2.16. The number of hydrogen-bond donors (Lipinski definition) is 2. The molecule has 106 valence electrons. The van der Waals surface area contributed by atoms with Crippen LogP contribution in [0.4, 0.5) is 5.69 Å². The van der Waals surface area contributed by atoms with Crippen molar-refractivity contribution in [1.29, 1.82) is 0 Å². The highest BCUT2D eigenvalue weighted by atomic mass is 16.2. The van der Waals surface area contributed by atoms with E-state index in [1.165, 1.54) is 0 Å². The average molecular weight is 271 g/mol. The third-order valence-electron chi connectivity index (χ3n) is 3.29. The number of carbonyl (C=O) groups excluding carboxylic acids is 1. The lowest BCUT2D eigenvalue weighted by atomic mass is 10.0. The molecule has 4 heteroatoms. The summed E-state index contributed by atoms with van der Waals surface area (Å²) < 4.78 is 0. The Hall–Kier alpha value is -1.94. The van der Waals surface area contributed by atoms with Crippen LogP contribution in [0.25, 0.3) is 10.9 Å². The Kier molecular flexibility index (Phi) is 4.35. The molecule has 1 heterocycles. The van der Waals surface area contributed by atoms with Gasteiger partial charge in [0.25, 0.3) is 0 Å². The van der Waals surface area contributed by atoms with Gasteiger partial charge in [-0.1, -0.05) is 19.9 Å². The van der Waals surface area contributed by atoms with Crippen molar-refractivity contribution < 1.29 is 4.79 Å². The fourth-order valence-electron chi connectivity index (χ4n) is 2.26. The van der Waals surface area contributed by atoms with Crippen LogP contribution in [-0.4, -0.2) is 16.9 Å². The molecule has 2 aromatic rings. The predicted octanol–water partition coefficient (Wildman–Crippen LogP) is 2.86. The summed E-state index contributed by atoms with van der Waals surface area (Å²) in [5.74, 6) is 0.250. The van der Waals surface area contributed by atoms with Crippen molar-refractivity contribution in [2.24, 2.45) is 11.7 Å². The summed E-state index contributed by atoms with van der Waals surface area (Å²) in [6.07, 6.45) is 2.43. The Morgan fingerprint density at radius 2 is 2.10 bits per heavy atom. The molecule has 0 radical (unpaired) electrons. The van der Waals surface area contributed by atoms with Crippen LogP contribution < -0.4 is 11.1 Å². The minimum Gasteiger partial charge on any atom is -0.324 e. The summed E-state index contributed by atoms with van der Waals surface area (Å²) in [4.78, 5) is 16.5. The zero-order chi connectivity index (χ0) is 14.7. The van der Waals surface area contributed by atoms with Crippen molar-refractivity contribution in [2.45, 2.75) is 33.2 Å². The molecule has 1 aromatic heterocycles. The zero-order valence-corrected chi connectivity index (χ0v) is 12.2. The van der Waals surface area contributed by atoms with Crippen molar-refractivity contribution in [1.82, 2.24) is 4.98 Å². The third kappa shape index (κ3) is 3.14. The highest BCUT2D eigenvalue weighted by molar-refractivity contribution is 6.03. The third-order valence-corrected chi connectivity index (χ3v) is 3.29. The number of pyridine rings is 1. The first-order valence-corrected chi connectivity index (χ1v) is 6.90. The number of aryl methyl sites for hydroxylation is 1. The predicted molar refractivity (Wildman–Crippen MR) is 82.5 cm³/mol. The molecule has 0 aliphatic heterocycles. The van der Waals surface area contributed by atoms with Gasteiger partial charge in [-0.05, 0) is 43.0 Å². The number of benzene rings is 1. The number of rotatable bonds is 4. The largest absolute Gasteiger partial charge is 0.324 e. The topological polar surface area (TPSA) is 68.0 Å². The van der Waals surface area contributed by atoms with E-state index in [1.807, 2.05) is 31.2 Å². The molecule has 0 aliphatic rings. The van der Waals surface area contributed by atoms with Gasteiger partial charge in [-0.25, -0.2) is 0 Å². The van der Waals surface area contributed by atoms with E-state index in [1.54, 1.807) is 6.20 Å². The van der Waals surface area contributed by atoms with Gasteiger partial charge in [-0.15, -0.1) is 0 Å². The van der Waals surface area contributed by atoms with Crippen molar-refractivity contribution in [3.05, 3.63) is 36.0 Å². The molecule has 1 aromatic carbocycles. The van der Waals surface area contributed by atoms with Crippen molar-refractivity contribution in [3.8, 4) is 0 Å². The molecular weight excluding hydrogens is 250 g/mol. The Labute approximate surface area is 119 Å². The summed E-state index contributed by atoms with van der Waals surface area (Å²) >= 11 is 0. The monoisotopic (exact) mass is 271 g/mol. The average Bonchev–Trinajstić information content (AvgIpc) is 2.41. The van der Waals surface area contributed by atoms with E-state index < -0.39 is 6.04 Å². The smallest absolute Gasteiger partial charge is 0.241 e. The van der Waals surface area contributed by atoms with Gasteiger partial charge in [0.1, 0.15) is 0 Å². The number of fused-ring (bicyclic) bond motifs is 1. The van der Waals surface area contributed by atoms with E-state index in [-0.39, 0.29) is 5.91 Å². The molecule has 0 unspecified atom stereocenters. The summed E-state index contributed by atoms with van der Waals surface area (Å²) in [5.41, 5.74) is 8.67. The maximum atomic E-state index is 12.1. The highest BCUT2D eigenvalue weighted by Crippen LogP contribution is 2.24. The maximum absolute atomic E-state index is 12.1. The number of amides is 1. The molecule has 2 rings (SSSR count). The molecule has 4 nitrogen and oxygen atoms in total. The molecule has 0 fully saturated rings. The van der Waals surface area contributed by atoms with E-state index in [9.17, 15) is 4.79 Å². The molecular formula is C16H21N3O. The number of nitrogens with two attached hydrogens (primary N) is 1. The summed E-state index contributed by atoms with van der Waals surface area (Å²) in [7, 11) is 0. The second kappa shape index (κ2) is 6.01. The summed E-state index contributed by atoms with van der Waals surface area (Å²) in [6, 6.07) is 7.20. The lowest BCUT2D eigenvalue weighted by molar-refractivity contribution is -0.117. The first-order valence-electron chi connectivity index (χ1n) is 6.90. The number of carbonyl (C=O) groups is 1. The molecule has 0 saturated carbocycles. The summed E-state index contributed by atoms with van der Waals surface area (Å²) in [6.45, 7) is 6.11. The van der Waals surface area contributed by atoms with Crippen LogP contribution >= 0.6 is 0 Å². The van der Waals surface area contributed by atoms with E-state index >= 15 is 0 Å². The molecule has 3 N–H and O–H groups in total. The van der Waals surface area contributed by atoms with Gasteiger partial charge < -0.3 is 11.1 Å². The first kappa shape index (κ1) is 14.5. The molecule has 0 saturated heterocycles. The Morgan fingerprint density at radius 3 is 2.80 bits per heavy atom. The Morgan fingerprint density at radius 1 is 1.35 bits per heavy atom. The SMILES string of the molecule is Cc1ccc(NC(=O)[C@@H](N)CC(C)C)c2cccnc12. The molecule has 1 amide bonds. The van der Waals surface area contributed by atoms with Crippen molar-refractivity contribution >= 4 is 22.5 Å². The lowest BCUT2D eigenvalue weighted by Gasteiger charge is -2.15. The van der Waals surface area contributed by atoms with Crippen LogP contribution in [0.15, 0.2) is 30.5 Å². The van der Waals surface area contributed by atoms with Gasteiger partial charge >= 0.3 is 0 Å². The fraction of sp³-hybridized carbons (Fsp3) is 0.375. The van der Waals surface area contributed by atoms with Gasteiger partial charge in [-0.2, -0.15) is 0 Å². The van der Waals surface area contributed by atoms with Crippen LogP contribution in [0.2, 0.25) is 0 Å². The number of anilines is 1. The maximum Gasteiger partial charge on any atom is 0.241 e. The molecule has 0 aliphatic carbocycles. The van der Waals surface area contributed by atoms with Gasteiger partial charge in [-0.3, -0.25) is 9.78 Å². The lowest BCUT2D eigenvalue weighted by Crippen LogP contribution is -2.36. The second-order valence-corrected chi connectivity index (χ2v) is 5.55. The molecule has 0 spiro atoms. The van der Waals surface area contributed by atoms with Gasteiger partial charge in [0, 0.05) is 11.6 Å². The first-order chi connectivity index (χ1) is 9.49. The van der Waals surface area contributed by atoms with E-state index in [0.29, 0.717) is 12.3 Å². The minimum atomic E-state index is -0.483. The van der Waals surface area contributed by atoms with Crippen LogP contribution in [0.5, 0.6) is 0 Å². The van der Waals surface area contributed by atoms with E-state index in [2.05, 4.69) is 24.1 Å². The number of aromatic nitrogens is 1. The Bertz CT molecular complexity index is 622. The Balaban J connectivity index is 2.26. The van der Waals surface area contributed by atoms with Gasteiger partial charge in [0.05, 0.1) is 17.2 Å². The second-order valence-electron chi connectivity index (χ2n) is 5.55. The van der Waals surface area contributed by atoms with E-state index in [4.69, 9.17) is 5.73 Å². The molecule has 1 atom stereocenters. The number of nitrogens with zero attached hydrogens (tertiary/aromatic N) is 1. The standard InChI is InChI=1S/C16H21N3O/c1-10(2)9-13(17)16(20)19-14-7-6-11(3)15-12(14)5-4-8-18-15/h4-8,10,13H,9,17H2,1-3H3,(H,19,20)/t13-/m0/s1. The molecule has 0 bridgehead atoms. The quantitative estimate of drug-likeness (QED) is 0.898. The number of hydrogen-bond acceptors (Lipinski definition) is 3. The normalized spacial score (nSPS) is 12.7. The van der Waals surface area contributed by atoms with Crippen LogP contribution in [-0.2, 0) is 4.79 Å². The zero-order valence-electron chi connectivity index (χ0n) is 12.2. The van der Waals surface area contributed by atoms with Gasteiger partial charge in [0.15, 0.2) is 0 Å².